The quantitative estimate of drug-likeness (QED) is 0.308. The summed E-state index contributed by atoms with van der Waals surface area (Å²) in [5.74, 6) is 0.820. The topological polar surface area (TPSA) is 53.2 Å². The predicted molar refractivity (Wildman–Crippen MR) is 133 cm³/mol. The molecule has 0 radical (unpaired) electrons. The summed E-state index contributed by atoms with van der Waals surface area (Å²) < 4.78 is 6.24. The Balaban J connectivity index is 1.47. The molecule has 160 valence electrons. The molecule has 4 heteroatoms. The average molecular weight is 422 g/mol. The first kappa shape index (κ1) is 20.1. The van der Waals surface area contributed by atoms with Gasteiger partial charge in [-0.2, -0.15) is 0 Å². The van der Waals surface area contributed by atoms with E-state index in [4.69, 9.17) is 9.73 Å². The standard InChI is InChI=1S/C28H27N3O/c1-2-3-12-22-14-15-23(29-22)17-27-28(32-19-20-9-5-4-6-10-20)18-26(31-27)25-16-21-11-7-8-13-24(21)30-25/h4-11,13-18,30-31H,2-3,12,19H2,1H3. The van der Waals surface area contributed by atoms with Gasteiger partial charge in [0, 0.05) is 22.7 Å². The van der Waals surface area contributed by atoms with E-state index >= 15 is 0 Å². The minimum Gasteiger partial charge on any atom is -0.487 e. The number of allylic oxidation sites excluding steroid dienone is 2. The molecular weight excluding hydrogens is 394 g/mol. The summed E-state index contributed by atoms with van der Waals surface area (Å²) in [5, 5.41) is 1.19. The van der Waals surface area contributed by atoms with Crippen molar-refractivity contribution in [2.45, 2.75) is 32.8 Å². The van der Waals surface area contributed by atoms with Crippen molar-refractivity contribution in [1.29, 1.82) is 0 Å². The van der Waals surface area contributed by atoms with Gasteiger partial charge in [0.2, 0.25) is 0 Å². The number of H-pyrrole nitrogens is 2. The fraction of sp³-hybridized carbons (Fsp3) is 0.179. The van der Waals surface area contributed by atoms with Gasteiger partial charge in [0.15, 0.2) is 0 Å². The second-order valence-electron chi connectivity index (χ2n) is 8.11. The van der Waals surface area contributed by atoms with Gasteiger partial charge in [0.25, 0.3) is 0 Å². The number of aromatic nitrogens is 2. The lowest BCUT2D eigenvalue weighted by Crippen LogP contribution is -1.95. The van der Waals surface area contributed by atoms with Crippen molar-refractivity contribution >= 4 is 22.7 Å². The zero-order chi connectivity index (χ0) is 21.8. The fourth-order valence-electron chi connectivity index (χ4n) is 3.92. The summed E-state index contributed by atoms with van der Waals surface area (Å²) in [6.45, 7) is 2.72. The molecule has 3 heterocycles. The van der Waals surface area contributed by atoms with E-state index < -0.39 is 0 Å². The van der Waals surface area contributed by atoms with Crippen molar-refractivity contribution in [2.24, 2.45) is 4.99 Å². The molecule has 0 atom stereocenters. The maximum Gasteiger partial charge on any atom is 0.145 e. The fourth-order valence-corrected chi connectivity index (χ4v) is 3.92. The maximum atomic E-state index is 6.24. The van der Waals surface area contributed by atoms with E-state index in [1.54, 1.807) is 0 Å². The first-order chi connectivity index (χ1) is 15.8. The van der Waals surface area contributed by atoms with Crippen LogP contribution in [0, 0.1) is 0 Å². The molecule has 0 spiro atoms. The summed E-state index contributed by atoms with van der Waals surface area (Å²) in [4.78, 5) is 11.8. The molecule has 1 aliphatic rings. The number of nitrogens with one attached hydrogen (secondary N) is 2. The highest BCUT2D eigenvalue weighted by atomic mass is 16.5. The van der Waals surface area contributed by atoms with E-state index in [-0.39, 0.29) is 0 Å². The molecule has 0 saturated heterocycles. The number of hydrogen-bond acceptors (Lipinski definition) is 2. The summed E-state index contributed by atoms with van der Waals surface area (Å²) >= 11 is 0. The number of aliphatic imine (C=N–C) groups is 1. The summed E-state index contributed by atoms with van der Waals surface area (Å²) in [6.07, 6.45) is 9.63. The van der Waals surface area contributed by atoms with Crippen molar-refractivity contribution in [3.05, 3.63) is 95.8 Å². The van der Waals surface area contributed by atoms with Crippen LogP contribution in [0.25, 0.3) is 28.4 Å². The first-order valence-electron chi connectivity index (χ1n) is 11.2. The first-order valence-corrected chi connectivity index (χ1v) is 11.2. The van der Waals surface area contributed by atoms with Crippen molar-refractivity contribution in [3.8, 4) is 17.1 Å². The van der Waals surface area contributed by atoms with Crippen molar-refractivity contribution < 1.29 is 4.74 Å². The Kier molecular flexibility index (Phi) is 5.75. The number of fused-ring (bicyclic) bond motifs is 1. The Morgan fingerprint density at radius 3 is 2.56 bits per heavy atom. The number of benzene rings is 2. The third-order valence-electron chi connectivity index (χ3n) is 5.67. The van der Waals surface area contributed by atoms with Crippen LogP contribution < -0.4 is 4.74 Å². The molecule has 32 heavy (non-hydrogen) atoms. The number of ether oxygens (including phenoxy) is 1. The lowest BCUT2D eigenvalue weighted by atomic mass is 10.2. The lowest BCUT2D eigenvalue weighted by Gasteiger charge is -2.05. The van der Waals surface area contributed by atoms with Gasteiger partial charge in [0.05, 0.1) is 22.8 Å². The third kappa shape index (κ3) is 4.45. The van der Waals surface area contributed by atoms with Crippen LogP contribution in [0.5, 0.6) is 5.75 Å². The van der Waals surface area contributed by atoms with Crippen LogP contribution in [0.1, 0.15) is 37.4 Å². The molecule has 0 saturated carbocycles. The highest BCUT2D eigenvalue weighted by Gasteiger charge is 2.13. The number of unbranched alkanes of at least 4 members (excludes halogenated alkanes) is 1. The minimum absolute atomic E-state index is 0.516. The molecule has 4 nitrogen and oxygen atoms in total. The van der Waals surface area contributed by atoms with Crippen LogP contribution in [-0.4, -0.2) is 15.7 Å². The largest absolute Gasteiger partial charge is 0.487 e. The van der Waals surface area contributed by atoms with Crippen LogP contribution in [0.2, 0.25) is 0 Å². The number of aromatic amines is 2. The highest BCUT2D eigenvalue weighted by molar-refractivity contribution is 5.99. The van der Waals surface area contributed by atoms with Gasteiger partial charge < -0.3 is 14.7 Å². The van der Waals surface area contributed by atoms with Crippen molar-refractivity contribution in [2.75, 3.05) is 0 Å². The Bertz CT molecular complexity index is 1270. The zero-order valence-electron chi connectivity index (χ0n) is 18.3. The van der Waals surface area contributed by atoms with Crippen LogP contribution in [0.3, 0.4) is 0 Å². The molecule has 5 rings (SSSR count). The van der Waals surface area contributed by atoms with Gasteiger partial charge in [-0.05, 0) is 48.8 Å². The van der Waals surface area contributed by atoms with Crippen molar-refractivity contribution in [1.82, 2.24) is 9.97 Å². The molecule has 0 aliphatic carbocycles. The van der Waals surface area contributed by atoms with Gasteiger partial charge in [-0.1, -0.05) is 61.9 Å². The predicted octanol–water partition coefficient (Wildman–Crippen LogP) is 7.28. The minimum atomic E-state index is 0.516. The van der Waals surface area contributed by atoms with Gasteiger partial charge in [-0.15, -0.1) is 0 Å². The van der Waals surface area contributed by atoms with Crippen LogP contribution in [0.15, 0.2) is 89.6 Å². The van der Waals surface area contributed by atoms with Gasteiger partial charge >= 0.3 is 0 Å². The molecule has 2 N–H and O–H groups in total. The van der Waals surface area contributed by atoms with E-state index in [0.29, 0.717) is 6.61 Å². The zero-order valence-corrected chi connectivity index (χ0v) is 18.3. The van der Waals surface area contributed by atoms with Gasteiger partial charge in [-0.3, -0.25) is 4.99 Å². The molecule has 0 bridgehead atoms. The van der Waals surface area contributed by atoms with Gasteiger partial charge in [0.1, 0.15) is 12.4 Å². The number of nitrogens with zero attached hydrogens (tertiary/aromatic N) is 1. The molecule has 0 amide bonds. The average Bonchev–Trinajstić information content (AvgIpc) is 3.55. The Hall–Kier alpha value is -3.79. The SMILES string of the molecule is CCCCC1=NC(=Cc2[nH]c(-c3cc4ccccc4[nH]3)cc2OCc2ccccc2)C=C1. The molecule has 2 aromatic carbocycles. The van der Waals surface area contributed by atoms with Crippen LogP contribution in [0.4, 0.5) is 0 Å². The number of rotatable bonds is 8. The number of hydrogen-bond donors (Lipinski definition) is 2. The molecule has 0 unspecified atom stereocenters. The normalized spacial score (nSPS) is 14.4. The second-order valence-corrected chi connectivity index (χ2v) is 8.11. The van der Waals surface area contributed by atoms with E-state index in [0.717, 1.165) is 58.2 Å². The Labute approximate surface area is 188 Å². The Morgan fingerprint density at radius 1 is 0.906 bits per heavy atom. The van der Waals surface area contributed by atoms with Crippen LogP contribution in [-0.2, 0) is 6.61 Å². The summed E-state index contributed by atoms with van der Waals surface area (Å²) in [6, 6.07) is 22.8. The Morgan fingerprint density at radius 2 is 1.72 bits per heavy atom. The van der Waals surface area contributed by atoms with E-state index in [9.17, 15) is 0 Å². The maximum absolute atomic E-state index is 6.24. The van der Waals surface area contributed by atoms with E-state index in [1.807, 2.05) is 24.3 Å². The van der Waals surface area contributed by atoms with E-state index in [1.165, 1.54) is 11.8 Å². The third-order valence-corrected chi connectivity index (χ3v) is 5.67. The smallest absolute Gasteiger partial charge is 0.145 e. The molecule has 2 aromatic heterocycles. The second kappa shape index (κ2) is 9.15. The molecule has 0 fully saturated rings. The monoisotopic (exact) mass is 421 g/mol. The van der Waals surface area contributed by atoms with Crippen LogP contribution >= 0.6 is 0 Å². The van der Waals surface area contributed by atoms with E-state index in [2.05, 4.69) is 77.6 Å². The summed E-state index contributed by atoms with van der Waals surface area (Å²) in [5.41, 5.74) is 7.31. The molecule has 1 aliphatic heterocycles. The molecule has 4 aromatic rings. The molecular formula is C28H27N3O. The lowest BCUT2D eigenvalue weighted by molar-refractivity contribution is 0.306. The summed E-state index contributed by atoms with van der Waals surface area (Å²) in [7, 11) is 0. The van der Waals surface area contributed by atoms with Crippen molar-refractivity contribution in [3.63, 3.8) is 0 Å². The highest BCUT2D eigenvalue weighted by Crippen LogP contribution is 2.32. The van der Waals surface area contributed by atoms with Gasteiger partial charge in [-0.25, -0.2) is 0 Å². The number of para-hydroxylation sites is 1.